The van der Waals surface area contributed by atoms with Gasteiger partial charge in [-0.05, 0) is 24.1 Å². The van der Waals surface area contributed by atoms with E-state index in [2.05, 4.69) is 10.1 Å². The Kier molecular flexibility index (Phi) is 5.17. The number of benzene rings is 1. The van der Waals surface area contributed by atoms with E-state index in [1.807, 2.05) is 35.2 Å². The van der Waals surface area contributed by atoms with Gasteiger partial charge in [0.25, 0.3) is 0 Å². The number of hydrogen-bond acceptors (Lipinski definition) is 6. The highest BCUT2D eigenvalue weighted by Crippen LogP contribution is 2.23. The summed E-state index contributed by atoms with van der Waals surface area (Å²) in [6.45, 7) is 0.519. The van der Waals surface area contributed by atoms with Crippen LogP contribution in [0.2, 0.25) is 0 Å². The predicted molar refractivity (Wildman–Crippen MR) is 95.4 cm³/mol. The highest BCUT2D eigenvalue weighted by molar-refractivity contribution is 7.89. The SMILES string of the molecule is CS(=O)(=O)NC(=O)CCCn1cc(-c2ccc(-c3ncco3)cc2)cn1. The summed E-state index contributed by atoms with van der Waals surface area (Å²) in [6, 6.07) is 7.77. The molecule has 0 saturated carbocycles. The van der Waals surface area contributed by atoms with Crippen molar-refractivity contribution in [2.24, 2.45) is 0 Å². The fraction of sp³-hybridized carbons (Fsp3) is 0.235. The molecule has 26 heavy (non-hydrogen) atoms. The minimum Gasteiger partial charge on any atom is -0.445 e. The minimum atomic E-state index is -3.50. The highest BCUT2D eigenvalue weighted by atomic mass is 32.2. The van der Waals surface area contributed by atoms with Gasteiger partial charge >= 0.3 is 0 Å². The van der Waals surface area contributed by atoms with E-state index in [0.717, 1.165) is 22.9 Å². The van der Waals surface area contributed by atoms with Gasteiger partial charge in [0.15, 0.2) is 0 Å². The number of sulfonamides is 1. The summed E-state index contributed by atoms with van der Waals surface area (Å²) >= 11 is 0. The summed E-state index contributed by atoms with van der Waals surface area (Å²) in [5.41, 5.74) is 2.84. The van der Waals surface area contributed by atoms with Crippen LogP contribution in [0.25, 0.3) is 22.6 Å². The van der Waals surface area contributed by atoms with E-state index < -0.39 is 15.9 Å². The van der Waals surface area contributed by atoms with Crippen LogP contribution >= 0.6 is 0 Å². The summed E-state index contributed by atoms with van der Waals surface area (Å²) in [4.78, 5) is 15.6. The van der Waals surface area contributed by atoms with Gasteiger partial charge < -0.3 is 4.42 Å². The fourth-order valence-electron chi connectivity index (χ4n) is 2.47. The first-order chi connectivity index (χ1) is 12.4. The Morgan fingerprint density at radius 2 is 1.92 bits per heavy atom. The molecule has 8 nitrogen and oxygen atoms in total. The predicted octanol–water partition coefficient (Wildman–Crippen LogP) is 2.06. The lowest BCUT2D eigenvalue weighted by Crippen LogP contribution is -2.29. The molecule has 0 aliphatic carbocycles. The number of carbonyl (C=O) groups is 1. The van der Waals surface area contributed by atoms with E-state index in [-0.39, 0.29) is 6.42 Å². The van der Waals surface area contributed by atoms with Gasteiger partial charge in [-0.1, -0.05) is 12.1 Å². The van der Waals surface area contributed by atoms with E-state index in [0.29, 0.717) is 18.9 Å². The molecule has 2 aromatic heterocycles. The molecule has 2 heterocycles. The molecular formula is C17H18N4O4S. The van der Waals surface area contributed by atoms with Gasteiger partial charge in [-0.2, -0.15) is 5.10 Å². The quantitative estimate of drug-likeness (QED) is 0.678. The number of carbonyl (C=O) groups excluding carboxylic acids is 1. The number of oxazole rings is 1. The molecular weight excluding hydrogens is 356 g/mol. The van der Waals surface area contributed by atoms with E-state index in [4.69, 9.17) is 4.42 Å². The third kappa shape index (κ3) is 4.79. The van der Waals surface area contributed by atoms with Crippen molar-refractivity contribution in [2.45, 2.75) is 19.4 Å². The van der Waals surface area contributed by atoms with Crippen LogP contribution in [0, 0.1) is 0 Å². The average molecular weight is 374 g/mol. The standard InChI is InChI=1S/C17H18N4O4S/c1-26(23,24)20-16(22)3-2-9-21-12-15(11-19-21)13-4-6-14(7-5-13)17-18-8-10-25-17/h4-8,10-12H,2-3,9H2,1H3,(H,20,22). The number of aromatic nitrogens is 3. The van der Waals surface area contributed by atoms with E-state index in [1.165, 1.54) is 6.26 Å². The molecule has 0 bridgehead atoms. The molecule has 9 heteroatoms. The van der Waals surface area contributed by atoms with Crippen molar-refractivity contribution in [2.75, 3.05) is 6.26 Å². The lowest BCUT2D eigenvalue weighted by Gasteiger charge is -2.03. The molecule has 136 valence electrons. The monoisotopic (exact) mass is 374 g/mol. The van der Waals surface area contributed by atoms with Gasteiger partial charge in [-0.15, -0.1) is 0 Å². The van der Waals surface area contributed by atoms with Crippen molar-refractivity contribution >= 4 is 15.9 Å². The van der Waals surface area contributed by atoms with Crippen LogP contribution in [0.15, 0.2) is 53.5 Å². The number of hydrogen-bond donors (Lipinski definition) is 1. The Labute approximate surface area is 150 Å². The van der Waals surface area contributed by atoms with Crippen molar-refractivity contribution in [1.82, 2.24) is 19.5 Å². The highest BCUT2D eigenvalue weighted by Gasteiger charge is 2.09. The number of aryl methyl sites for hydroxylation is 1. The van der Waals surface area contributed by atoms with Crippen LogP contribution < -0.4 is 4.72 Å². The normalized spacial score (nSPS) is 11.4. The molecule has 1 N–H and O–H groups in total. The topological polar surface area (TPSA) is 107 Å². The van der Waals surface area contributed by atoms with Crippen molar-refractivity contribution in [1.29, 1.82) is 0 Å². The molecule has 3 rings (SSSR count). The second kappa shape index (κ2) is 7.52. The number of rotatable bonds is 7. The van der Waals surface area contributed by atoms with Crippen LogP contribution in [-0.4, -0.2) is 35.3 Å². The summed E-state index contributed by atoms with van der Waals surface area (Å²) in [7, 11) is -3.50. The maximum absolute atomic E-state index is 11.5. The van der Waals surface area contributed by atoms with Crippen LogP contribution in [0.5, 0.6) is 0 Å². The Balaban J connectivity index is 1.57. The summed E-state index contributed by atoms with van der Waals surface area (Å²) in [5.74, 6) is 0.0571. The molecule has 0 atom stereocenters. The number of amides is 1. The van der Waals surface area contributed by atoms with Crippen LogP contribution in [-0.2, 0) is 21.4 Å². The van der Waals surface area contributed by atoms with Gasteiger partial charge in [0.05, 0.1) is 18.6 Å². The number of nitrogens with one attached hydrogen (secondary N) is 1. The Hall–Kier alpha value is -2.94. The summed E-state index contributed by atoms with van der Waals surface area (Å²) in [5, 5.41) is 4.27. The molecule has 0 saturated heterocycles. The molecule has 0 radical (unpaired) electrons. The molecule has 3 aromatic rings. The van der Waals surface area contributed by atoms with Crippen molar-refractivity contribution in [3.63, 3.8) is 0 Å². The first-order valence-electron chi connectivity index (χ1n) is 7.94. The van der Waals surface area contributed by atoms with E-state index in [1.54, 1.807) is 17.1 Å². The molecule has 0 spiro atoms. The fourth-order valence-corrected chi connectivity index (χ4v) is 2.98. The van der Waals surface area contributed by atoms with Crippen molar-refractivity contribution in [3.05, 3.63) is 49.1 Å². The van der Waals surface area contributed by atoms with Crippen LogP contribution in [0.3, 0.4) is 0 Å². The third-order valence-corrected chi connectivity index (χ3v) is 4.22. The van der Waals surface area contributed by atoms with Crippen LogP contribution in [0.4, 0.5) is 0 Å². The molecule has 0 aliphatic heterocycles. The Morgan fingerprint density at radius 3 is 2.58 bits per heavy atom. The van der Waals surface area contributed by atoms with Gasteiger partial charge in [0, 0.05) is 30.3 Å². The first-order valence-corrected chi connectivity index (χ1v) is 9.83. The maximum atomic E-state index is 11.5. The van der Waals surface area contributed by atoms with E-state index in [9.17, 15) is 13.2 Å². The summed E-state index contributed by atoms with van der Waals surface area (Å²) in [6.07, 6.45) is 8.33. The minimum absolute atomic E-state index is 0.118. The first kappa shape index (κ1) is 17.9. The molecule has 1 aromatic carbocycles. The zero-order valence-corrected chi connectivity index (χ0v) is 14.9. The van der Waals surface area contributed by atoms with Gasteiger partial charge in [0.1, 0.15) is 6.26 Å². The Morgan fingerprint density at radius 1 is 1.19 bits per heavy atom. The molecule has 0 fully saturated rings. The molecule has 0 aliphatic rings. The summed E-state index contributed by atoms with van der Waals surface area (Å²) < 4.78 is 30.9. The molecule has 1 amide bonds. The zero-order valence-electron chi connectivity index (χ0n) is 14.1. The maximum Gasteiger partial charge on any atom is 0.233 e. The second-order valence-electron chi connectivity index (χ2n) is 5.81. The van der Waals surface area contributed by atoms with Gasteiger partial charge in [-0.25, -0.2) is 13.4 Å². The Bertz CT molecular complexity index is 976. The smallest absolute Gasteiger partial charge is 0.233 e. The zero-order chi connectivity index (χ0) is 18.6. The van der Waals surface area contributed by atoms with E-state index >= 15 is 0 Å². The van der Waals surface area contributed by atoms with Crippen molar-refractivity contribution in [3.8, 4) is 22.6 Å². The average Bonchev–Trinajstić information content (AvgIpc) is 3.25. The van der Waals surface area contributed by atoms with Gasteiger partial charge in [0.2, 0.25) is 21.8 Å². The lowest BCUT2D eigenvalue weighted by atomic mass is 10.1. The second-order valence-corrected chi connectivity index (χ2v) is 7.56. The lowest BCUT2D eigenvalue weighted by molar-refractivity contribution is -0.119. The van der Waals surface area contributed by atoms with Crippen LogP contribution in [0.1, 0.15) is 12.8 Å². The largest absolute Gasteiger partial charge is 0.445 e. The molecule has 0 unspecified atom stereocenters. The third-order valence-electron chi connectivity index (χ3n) is 3.62. The van der Waals surface area contributed by atoms with Crippen molar-refractivity contribution < 1.29 is 17.6 Å². The van der Waals surface area contributed by atoms with Gasteiger partial charge in [-0.3, -0.25) is 14.2 Å². The number of nitrogens with zero attached hydrogens (tertiary/aromatic N) is 3.